The Kier molecular flexibility index (Phi) is 6.00. The van der Waals surface area contributed by atoms with Crippen molar-refractivity contribution < 1.29 is 19.4 Å². The van der Waals surface area contributed by atoms with Crippen molar-refractivity contribution in [3.63, 3.8) is 0 Å². The number of anilines is 1. The van der Waals surface area contributed by atoms with E-state index >= 15 is 0 Å². The van der Waals surface area contributed by atoms with Crippen LogP contribution in [0.4, 0.5) is 10.5 Å². The highest BCUT2D eigenvalue weighted by Gasteiger charge is 2.29. The number of hydrogen-bond acceptors (Lipinski definition) is 4. The molecule has 3 N–H and O–H groups in total. The molecule has 0 spiro atoms. The molecule has 31 heavy (non-hydrogen) atoms. The van der Waals surface area contributed by atoms with E-state index in [-0.39, 0.29) is 25.0 Å². The van der Waals surface area contributed by atoms with Crippen molar-refractivity contribution in [2.75, 3.05) is 11.9 Å². The molecule has 2 amide bonds. The van der Waals surface area contributed by atoms with Gasteiger partial charge < -0.3 is 20.5 Å². The van der Waals surface area contributed by atoms with E-state index in [1.807, 2.05) is 24.3 Å². The molecule has 1 aliphatic carbocycles. The van der Waals surface area contributed by atoms with Crippen LogP contribution in [-0.4, -0.2) is 29.8 Å². The molecule has 3 aromatic rings. The largest absolute Gasteiger partial charge is 0.449 e. The molecule has 1 atom stereocenters. The molecule has 0 aliphatic heterocycles. The quantitative estimate of drug-likeness (QED) is 0.566. The standard InChI is InChI=1S/C25H24N2O4/c1-16(24(29)27-18-12-10-17(14-28)11-13-18)26-25(30)31-15-23-21-8-4-2-6-19(21)20-7-3-5-9-22(20)23/h2-13,16,23,28H,14-15H2,1H3,(H,26,30)(H,27,29)/t16-/m0/s1. The maximum Gasteiger partial charge on any atom is 0.407 e. The molecule has 0 unspecified atom stereocenters. The Labute approximate surface area is 180 Å². The molecule has 1 aliphatic rings. The van der Waals surface area contributed by atoms with Gasteiger partial charge in [0.25, 0.3) is 0 Å². The summed E-state index contributed by atoms with van der Waals surface area (Å²) in [6.07, 6.45) is -0.639. The summed E-state index contributed by atoms with van der Waals surface area (Å²) >= 11 is 0. The molecule has 0 saturated heterocycles. The molecule has 0 aromatic heterocycles. The Balaban J connectivity index is 1.34. The second kappa shape index (κ2) is 9.02. The number of amides is 2. The second-order valence-corrected chi connectivity index (χ2v) is 7.54. The number of carbonyl (C=O) groups is 2. The van der Waals surface area contributed by atoms with E-state index in [4.69, 9.17) is 9.84 Å². The lowest BCUT2D eigenvalue weighted by atomic mass is 9.98. The van der Waals surface area contributed by atoms with Gasteiger partial charge in [0.1, 0.15) is 12.6 Å². The van der Waals surface area contributed by atoms with Gasteiger partial charge in [-0.3, -0.25) is 4.79 Å². The van der Waals surface area contributed by atoms with Crippen LogP contribution < -0.4 is 10.6 Å². The number of alkyl carbamates (subject to hydrolysis) is 1. The zero-order valence-electron chi connectivity index (χ0n) is 17.2. The first-order chi connectivity index (χ1) is 15.1. The van der Waals surface area contributed by atoms with Gasteiger partial charge in [0, 0.05) is 11.6 Å². The average molecular weight is 416 g/mol. The first-order valence-electron chi connectivity index (χ1n) is 10.2. The van der Waals surface area contributed by atoms with Gasteiger partial charge in [-0.05, 0) is 46.9 Å². The van der Waals surface area contributed by atoms with Crippen LogP contribution in [0.1, 0.15) is 29.5 Å². The monoisotopic (exact) mass is 416 g/mol. The van der Waals surface area contributed by atoms with Crippen LogP contribution >= 0.6 is 0 Å². The summed E-state index contributed by atoms with van der Waals surface area (Å²) in [7, 11) is 0. The van der Waals surface area contributed by atoms with Crippen molar-refractivity contribution in [1.29, 1.82) is 0 Å². The molecule has 0 fully saturated rings. The van der Waals surface area contributed by atoms with E-state index in [1.165, 1.54) is 0 Å². The van der Waals surface area contributed by atoms with Gasteiger partial charge in [-0.15, -0.1) is 0 Å². The van der Waals surface area contributed by atoms with E-state index < -0.39 is 12.1 Å². The van der Waals surface area contributed by atoms with Gasteiger partial charge in [0.05, 0.1) is 6.61 Å². The summed E-state index contributed by atoms with van der Waals surface area (Å²) in [6.45, 7) is 1.73. The van der Waals surface area contributed by atoms with Crippen LogP contribution in [0.15, 0.2) is 72.8 Å². The number of carbonyl (C=O) groups excluding carboxylic acids is 2. The number of hydrogen-bond donors (Lipinski definition) is 3. The molecule has 0 bridgehead atoms. The topological polar surface area (TPSA) is 87.7 Å². The second-order valence-electron chi connectivity index (χ2n) is 7.54. The third-order valence-electron chi connectivity index (χ3n) is 5.48. The van der Waals surface area contributed by atoms with E-state index in [9.17, 15) is 9.59 Å². The number of fused-ring (bicyclic) bond motifs is 3. The fraction of sp³-hybridized carbons (Fsp3) is 0.200. The Morgan fingerprint density at radius 3 is 2.10 bits per heavy atom. The van der Waals surface area contributed by atoms with Gasteiger partial charge in [-0.2, -0.15) is 0 Å². The number of benzene rings is 3. The Bertz CT molecular complexity index is 1050. The molecular formula is C25H24N2O4. The van der Waals surface area contributed by atoms with E-state index in [1.54, 1.807) is 31.2 Å². The smallest absolute Gasteiger partial charge is 0.407 e. The van der Waals surface area contributed by atoms with Gasteiger partial charge in [0.2, 0.25) is 5.91 Å². The van der Waals surface area contributed by atoms with Crippen LogP contribution in [0.25, 0.3) is 11.1 Å². The van der Waals surface area contributed by atoms with Crippen molar-refractivity contribution in [3.05, 3.63) is 89.5 Å². The first-order valence-corrected chi connectivity index (χ1v) is 10.2. The fourth-order valence-corrected chi connectivity index (χ4v) is 3.83. The summed E-state index contributed by atoms with van der Waals surface area (Å²) in [5.74, 6) is -0.391. The zero-order chi connectivity index (χ0) is 21.8. The molecule has 0 heterocycles. The fourth-order valence-electron chi connectivity index (χ4n) is 3.83. The lowest BCUT2D eigenvalue weighted by molar-refractivity contribution is -0.117. The Morgan fingerprint density at radius 1 is 0.935 bits per heavy atom. The number of ether oxygens (including phenoxy) is 1. The lowest BCUT2D eigenvalue weighted by Gasteiger charge is -2.17. The molecule has 6 heteroatoms. The zero-order valence-corrected chi connectivity index (χ0v) is 17.2. The Hall–Kier alpha value is -3.64. The first kappa shape index (κ1) is 20.6. The van der Waals surface area contributed by atoms with Crippen molar-refractivity contribution in [3.8, 4) is 11.1 Å². The molecule has 0 saturated carbocycles. The van der Waals surface area contributed by atoms with Gasteiger partial charge in [-0.1, -0.05) is 60.7 Å². The third-order valence-corrected chi connectivity index (χ3v) is 5.48. The predicted octanol–water partition coefficient (Wildman–Crippen LogP) is 4.04. The minimum atomic E-state index is -0.770. The van der Waals surface area contributed by atoms with Crippen molar-refractivity contribution >= 4 is 17.7 Å². The summed E-state index contributed by atoms with van der Waals surface area (Å²) in [6, 6.07) is 22.3. The summed E-state index contributed by atoms with van der Waals surface area (Å²) < 4.78 is 5.48. The minimum Gasteiger partial charge on any atom is -0.449 e. The summed E-state index contributed by atoms with van der Waals surface area (Å²) in [4.78, 5) is 24.7. The third kappa shape index (κ3) is 4.44. The van der Waals surface area contributed by atoms with E-state index in [0.717, 1.165) is 27.8 Å². The minimum absolute atomic E-state index is 0.0349. The van der Waals surface area contributed by atoms with Gasteiger partial charge >= 0.3 is 6.09 Å². The van der Waals surface area contributed by atoms with Gasteiger partial charge in [0.15, 0.2) is 0 Å². The highest BCUT2D eigenvalue weighted by atomic mass is 16.5. The normalized spacial score (nSPS) is 13.1. The van der Waals surface area contributed by atoms with Crippen LogP contribution in [0.3, 0.4) is 0 Å². The van der Waals surface area contributed by atoms with Crippen molar-refractivity contribution in [1.82, 2.24) is 5.32 Å². The summed E-state index contributed by atoms with van der Waals surface area (Å²) in [5, 5.41) is 14.4. The maximum atomic E-state index is 12.4. The molecule has 6 nitrogen and oxygen atoms in total. The molecule has 158 valence electrons. The highest BCUT2D eigenvalue weighted by Crippen LogP contribution is 2.44. The molecule has 4 rings (SSSR count). The van der Waals surface area contributed by atoms with Crippen molar-refractivity contribution in [2.24, 2.45) is 0 Å². The van der Waals surface area contributed by atoms with E-state index in [2.05, 4.69) is 34.9 Å². The average Bonchev–Trinajstić information content (AvgIpc) is 3.12. The van der Waals surface area contributed by atoms with Gasteiger partial charge in [-0.25, -0.2) is 4.79 Å². The van der Waals surface area contributed by atoms with Crippen LogP contribution in [0.5, 0.6) is 0 Å². The Morgan fingerprint density at radius 2 is 1.52 bits per heavy atom. The van der Waals surface area contributed by atoms with Crippen LogP contribution in [0, 0.1) is 0 Å². The number of nitrogens with one attached hydrogen (secondary N) is 2. The molecular weight excluding hydrogens is 392 g/mol. The predicted molar refractivity (Wildman–Crippen MR) is 119 cm³/mol. The lowest BCUT2D eigenvalue weighted by Crippen LogP contribution is -2.42. The van der Waals surface area contributed by atoms with E-state index in [0.29, 0.717) is 5.69 Å². The van der Waals surface area contributed by atoms with Crippen molar-refractivity contribution in [2.45, 2.75) is 25.5 Å². The maximum absolute atomic E-state index is 12.4. The van der Waals surface area contributed by atoms with Crippen LogP contribution in [-0.2, 0) is 16.1 Å². The summed E-state index contributed by atoms with van der Waals surface area (Å²) in [5.41, 5.74) is 5.92. The number of rotatable bonds is 6. The molecule has 3 aromatic carbocycles. The SMILES string of the molecule is C[C@H](NC(=O)OCC1c2ccccc2-c2ccccc21)C(=O)Nc1ccc(CO)cc1. The van der Waals surface area contributed by atoms with Crippen LogP contribution in [0.2, 0.25) is 0 Å². The highest BCUT2D eigenvalue weighted by molar-refractivity contribution is 5.96. The molecule has 0 radical (unpaired) electrons. The number of aliphatic hydroxyl groups excluding tert-OH is 1. The number of aliphatic hydroxyl groups is 1.